The largest absolute Gasteiger partial charge is 0.490 e. The van der Waals surface area contributed by atoms with Crippen molar-refractivity contribution in [3.05, 3.63) is 106 Å². The van der Waals surface area contributed by atoms with Crippen LogP contribution in [-0.4, -0.2) is 43.8 Å². The number of fused-ring (bicyclic) bond motifs is 2. The molecule has 2 N–H and O–H groups in total. The number of rotatable bonds is 8. The number of nitrogens with zero attached hydrogens (tertiary/aromatic N) is 3. The molecule has 242 valence electrons. The Labute approximate surface area is 272 Å². The standard InChI is InChI=1S/C37H37FN4O5/c1-21-26-15-10-16-46-33(26)28(38)18-27(21)32-31(34(36(44)45)47-37(3,4)5)22(2)40-30-19-29(41-42(30)32)35(43)39-20-23-11-9-14-25(17-23)24-12-7-6-8-13-24/h6-9,11-14,17-19,34H,10,15-16,20H2,1-5H3,(H,39,43)(H,44,45). The first-order valence-electron chi connectivity index (χ1n) is 15.6. The van der Waals surface area contributed by atoms with Crippen LogP contribution in [0.2, 0.25) is 0 Å². The van der Waals surface area contributed by atoms with E-state index in [-0.39, 0.29) is 23.6 Å². The molecule has 0 saturated carbocycles. The molecule has 6 rings (SSSR count). The number of nitrogens with one attached hydrogen (secondary N) is 1. The van der Waals surface area contributed by atoms with Crippen molar-refractivity contribution in [3.8, 4) is 28.1 Å². The lowest BCUT2D eigenvalue weighted by Gasteiger charge is -2.28. The van der Waals surface area contributed by atoms with Gasteiger partial charge in [0.05, 0.1) is 17.9 Å². The van der Waals surface area contributed by atoms with Crippen LogP contribution in [0.25, 0.3) is 28.0 Å². The van der Waals surface area contributed by atoms with E-state index in [0.29, 0.717) is 41.2 Å². The normalized spacial score (nSPS) is 13.6. The Kier molecular flexibility index (Phi) is 8.55. The highest BCUT2D eigenvalue weighted by molar-refractivity contribution is 5.93. The van der Waals surface area contributed by atoms with E-state index in [1.54, 1.807) is 33.8 Å². The summed E-state index contributed by atoms with van der Waals surface area (Å²) in [7, 11) is 0. The van der Waals surface area contributed by atoms with Crippen molar-refractivity contribution in [2.75, 3.05) is 6.61 Å². The van der Waals surface area contributed by atoms with E-state index in [9.17, 15) is 14.7 Å². The number of ether oxygens (including phenoxy) is 2. The number of carbonyl (C=O) groups is 2. The van der Waals surface area contributed by atoms with Crippen molar-refractivity contribution in [1.29, 1.82) is 0 Å². The first-order chi connectivity index (χ1) is 22.4. The van der Waals surface area contributed by atoms with Gasteiger partial charge in [0, 0.05) is 35.0 Å². The molecule has 2 aromatic heterocycles. The third-order valence-corrected chi connectivity index (χ3v) is 8.20. The molecular weight excluding hydrogens is 599 g/mol. The molecule has 0 fully saturated rings. The topological polar surface area (TPSA) is 115 Å². The Morgan fingerprint density at radius 2 is 1.81 bits per heavy atom. The molecule has 1 amide bonds. The van der Waals surface area contributed by atoms with Gasteiger partial charge in [-0.3, -0.25) is 4.79 Å². The number of carboxylic acids is 1. The highest BCUT2D eigenvalue weighted by Gasteiger charge is 2.35. The number of aryl methyl sites for hydroxylation is 1. The van der Waals surface area contributed by atoms with Crippen molar-refractivity contribution in [2.24, 2.45) is 0 Å². The molecule has 3 aromatic carbocycles. The van der Waals surface area contributed by atoms with E-state index in [1.807, 2.05) is 61.5 Å². The number of aliphatic carboxylic acids is 1. The predicted octanol–water partition coefficient (Wildman–Crippen LogP) is 7.02. The second kappa shape index (κ2) is 12.6. The second-order valence-electron chi connectivity index (χ2n) is 12.7. The van der Waals surface area contributed by atoms with Crippen molar-refractivity contribution < 1.29 is 28.6 Å². The fraction of sp³-hybridized carbons (Fsp3) is 0.297. The maximum atomic E-state index is 15.6. The molecule has 1 aliphatic heterocycles. The van der Waals surface area contributed by atoms with Gasteiger partial charge in [0.25, 0.3) is 5.91 Å². The number of carboxylic acid groups (broad SMARTS) is 1. The van der Waals surface area contributed by atoms with Gasteiger partial charge >= 0.3 is 5.97 Å². The zero-order valence-corrected chi connectivity index (χ0v) is 27.1. The molecule has 1 aliphatic rings. The fourth-order valence-corrected chi connectivity index (χ4v) is 6.07. The smallest absolute Gasteiger partial charge is 0.337 e. The third kappa shape index (κ3) is 6.46. The van der Waals surface area contributed by atoms with Crippen LogP contribution >= 0.6 is 0 Å². The average Bonchev–Trinajstić information content (AvgIpc) is 3.47. The molecule has 10 heteroatoms. The highest BCUT2D eigenvalue weighted by atomic mass is 19.1. The number of hydrogen-bond acceptors (Lipinski definition) is 6. The predicted molar refractivity (Wildman–Crippen MR) is 176 cm³/mol. The van der Waals surface area contributed by atoms with Crippen LogP contribution in [0, 0.1) is 19.7 Å². The van der Waals surface area contributed by atoms with Gasteiger partial charge in [-0.05, 0) is 81.8 Å². The summed E-state index contributed by atoms with van der Waals surface area (Å²) in [5, 5.41) is 18.0. The van der Waals surface area contributed by atoms with Gasteiger partial charge in [-0.2, -0.15) is 5.10 Å². The molecule has 1 unspecified atom stereocenters. The summed E-state index contributed by atoms with van der Waals surface area (Å²) in [5.74, 6) is -2.01. The number of hydrogen-bond donors (Lipinski definition) is 2. The first-order valence-corrected chi connectivity index (χ1v) is 15.6. The summed E-state index contributed by atoms with van der Waals surface area (Å²) in [6, 6.07) is 20.8. The van der Waals surface area contributed by atoms with Gasteiger partial charge in [0.2, 0.25) is 0 Å². The van der Waals surface area contributed by atoms with Gasteiger partial charge in [-0.15, -0.1) is 0 Å². The van der Waals surface area contributed by atoms with Crippen LogP contribution in [0.4, 0.5) is 4.39 Å². The SMILES string of the molecule is Cc1nc2cc(C(=O)NCc3cccc(-c4ccccc4)c3)nn2c(-c2cc(F)c3c(c2C)CCCO3)c1C(OC(C)(C)C)C(=O)O. The molecule has 0 aliphatic carbocycles. The number of carbonyl (C=O) groups excluding carboxylic acids is 1. The summed E-state index contributed by atoms with van der Waals surface area (Å²) >= 11 is 0. The third-order valence-electron chi connectivity index (χ3n) is 8.20. The molecule has 0 spiro atoms. The van der Waals surface area contributed by atoms with Gasteiger partial charge < -0.3 is 19.9 Å². The zero-order chi connectivity index (χ0) is 33.5. The lowest BCUT2D eigenvalue weighted by atomic mass is 9.91. The van der Waals surface area contributed by atoms with Gasteiger partial charge in [-0.1, -0.05) is 48.5 Å². The minimum Gasteiger partial charge on any atom is -0.490 e. The lowest BCUT2D eigenvalue weighted by Crippen LogP contribution is -2.29. The summed E-state index contributed by atoms with van der Waals surface area (Å²) in [5.41, 5.74) is 5.33. The molecule has 0 saturated heterocycles. The summed E-state index contributed by atoms with van der Waals surface area (Å²) < 4.78 is 28.8. The highest BCUT2D eigenvalue weighted by Crippen LogP contribution is 2.41. The van der Waals surface area contributed by atoms with Crippen LogP contribution in [0.1, 0.15) is 71.7 Å². The maximum absolute atomic E-state index is 15.6. The quantitative estimate of drug-likeness (QED) is 0.188. The van der Waals surface area contributed by atoms with Gasteiger partial charge in [0.1, 0.15) is 0 Å². The van der Waals surface area contributed by atoms with Crippen LogP contribution in [0.5, 0.6) is 5.75 Å². The summed E-state index contributed by atoms with van der Waals surface area (Å²) in [6.45, 7) is 9.49. The average molecular weight is 637 g/mol. The molecule has 3 heterocycles. The molecule has 5 aromatic rings. The number of benzene rings is 3. The minimum absolute atomic E-state index is 0.0811. The minimum atomic E-state index is -1.45. The Morgan fingerprint density at radius 1 is 1.06 bits per heavy atom. The molecular formula is C37H37FN4O5. The van der Waals surface area contributed by atoms with Gasteiger partial charge in [-0.25, -0.2) is 18.7 Å². The Balaban J connectivity index is 1.44. The van der Waals surface area contributed by atoms with E-state index in [2.05, 4.69) is 15.4 Å². The maximum Gasteiger partial charge on any atom is 0.337 e. The Morgan fingerprint density at radius 3 is 2.53 bits per heavy atom. The molecule has 0 radical (unpaired) electrons. The fourth-order valence-electron chi connectivity index (χ4n) is 6.07. The van der Waals surface area contributed by atoms with E-state index < -0.39 is 29.4 Å². The number of halogens is 1. The first kappa shape index (κ1) is 31.9. The van der Waals surface area contributed by atoms with E-state index in [1.165, 1.54) is 10.6 Å². The van der Waals surface area contributed by atoms with E-state index in [0.717, 1.165) is 28.7 Å². The van der Waals surface area contributed by atoms with Crippen LogP contribution < -0.4 is 10.1 Å². The van der Waals surface area contributed by atoms with Crippen molar-refractivity contribution >= 4 is 17.5 Å². The van der Waals surface area contributed by atoms with E-state index >= 15 is 4.39 Å². The summed E-state index contributed by atoms with van der Waals surface area (Å²) in [6.07, 6.45) is -0.123. The zero-order valence-electron chi connectivity index (χ0n) is 27.1. The van der Waals surface area contributed by atoms with Crippen molar-refractivity contribution in [1.82, 2.24) is 19.9 Å². The molecule has 1 atom stereocenters. The van der Waals surface area contributed by atoms with E-state index in [4.69, 9.17) is 9.47 Å². The number of aromatic nitrogens is 3. The monoisotopic (exact) mass is 636 g/mol. The van der Waals surface area contributed by atoms with Crippen LogP contribution in [0.3, 0.4) is 0 Å². The van der Waals surface area contributed by atoms with Crippen LogP contribution in [0.15, 0.2) is 66.7 Å². The molecule has 0 bridgehead atoms. The Bertz CT molecular complexity index is 2000. The van der Waals surface area contributed by atoms with Crippen LogP contribution in [-0.2, 0) is 22.5 Å². The molecule has 47 heavy (non-hydrogen) atoms. The molecule has 9 nitrogen and oxygen atoms in total. The van der Waals surface area contributed by atoms with Crippen molar-refractivity contribution in [2.45, 2.75) is 65.7 Å². The van der Waals surface area contributed by atoms with Crippen molar-refractivity contribution in [3.63, 3.8) is 0 Å². The lowest BCUT2D eigenvalue weighted by molar-refractivity contribution is -0.160. The summed E-state index contributed by atoms with van der Waals surface area (Å²) in [4.78, 5) is 30.9. The second-order valence-corrected chi connectivity index (χ2v) is 12.7. The Hall–Kier alpha value is -5.09. The number of amides is 1. The van der Waals surface area contributed by atoms with Gasteiger partial charge in [0.15, 0.2) is 29.0 Å².